The highest BCUT2D eigenvalue weighted by molar-refractivity contribution is 5.31. The molecule has 0 saturated carbocycles. The van der Waals surface area contributed by atoms with E-state index < -0.39 is 0 Å². The van der Waals surface area contributed by atoms with Crippen LogP contribution in [0, 0.1) is 4.91 Å². The number of nitroso groups, excluding NO2 is 1. The second-order valence-corrected chi connectivity index (χ2v) is 7.05. The maximum Gasteiger partial charge on any atom is 0.127 e. The van der Waals surface area contributed by atoms with Crippen LogP contribution in [0.1, 0.15) is 49.1 Å². The largest absolute Gasteiger partial charge is 0.472 e. The second kappa shape index (κ2) is 11.2. The van der Waals surface area contributed by atoms with E-state index in [1.807, 2.05) is 36.6 Å². The molecular formula is C23H28N2O3. The monoisotopic (exact) mass is 380 g/mol. The average Bonchev–Trinajstić information content (AvgIpc) is 3.14. The van der Waals surface area contributed by atoms with Gasteiger partial charge in [0.15, 0.2) is 0 Å². The highest BCUT2D eigenvalue weighted by Crippen LogP contribution is 2.26. The zero-order valence-electron chi connectivity index (χ0n) is 16.2. The van der Waals surface area contributed by atoms with Crippen molar-refractivity contribution in [3.8, 4) is 5.75 Å². The minimum atomic E-state index is 0.211. The van der Waals surface area contributed by atoms with E-state index >= 15 is 0 Å². The van der Waals surface area contributed by atoms with E-state index in [0.29, 0.717) is 0 Å². The van der Waals surface area contributed by atoms with E-state index in [4.69, 9.17) is 9.15 Å². The smallest absolute Gasteiger partial charge is 0.127 e. The first-order valence-corrected chi connectivity index (χ1v) is 10.0. The summed E-state index contributed by atoms with van der Waals surface area (Å²) in [4.78, 5) is 10.1. The Morgan fingerprint density at radius 3 is 2.71 bits per heavy atom. The van der Waals surface area contributed by atoms with Gasteiger partial charge in [-0.15, -0.1) is 0 Å². The number of hydrogen-bond donors (Lipinski definition) is 1. The molecule has 0 bridgehead atoms. The minimum absolute atomic E-state index is 0.211. The molecule has 5 heteroatoms. The third-order valence-corrected chi connectivity index (χ3v) is 4.96. The average molecular weight is 380 g/mol. The van der Waals surface area contributed by atoms with Crippen molar-refractivity contribution >= 4 is 0 Å². The Labute approximate surface area is 166 Å². The number of allylic oxidation sites excluding steroid dienone is 3. The van der Waals surface area contributed by atoms with Crippen LogP contribution in [0.2, 0.25) is 0 Å². The van der Waals surface area contributed by atoms with Crippen LogP contribution in [-0.2, 0) is 6.54 Å². The highest BCUT2D eigenvalue weighted by atomic mass is 16.5. The number of hydrogen-bond acceptors (Lipinski definition) is 5. The molecule has 0 spiro atoms. The lowest BCUT2D eigenvalue weighted by molar-refractivity contribution is 0.439. The van der Waals surface area contributed by atoms with Crippen molar-refractivity contribution in [1.82, 2.24) is 5.32 Å². The molecule has 4 rings (SSSR count). The predicted octanol–water partition coefficient (Wildman–Crippen LogP) is 5.70. The van der Waals surface area contributed by atoms with E-state index in [0.717, 1.165) is 42.4 Å². The van der Waals surface area contributed by atoms with Crippen LogP contribution in [0.5, 0.6) is 5.75 Å². The van der Waals surface area contributed by atoms with Crippen molar-refractivity contribution in [2.75, 3.05) is 13.1 Å². The van der Waals surface area contributed by atoms with Crippen molar-refractivity contribution in [1.29, 1.82) is 0 Å². The summed E-state index contributed by atoms with van der Waals surface area (Å²) in [6.07, 6.45) is 15.7. The van der Waals surface area contributed by atoms with Crippen LogP contribution in [-0.4, -0.2) is 13.1 Å². The maximum atomic E-state index is 10.1. The van der Waals surface area contributed by atoms with Gasteiger partial charge >= 0.3 is 0 Å². The Bertz CT molecular complexity index is 756. The third-order valence-electron chi connectivity index (χ3n) is 4.96. The van der Waals surface area contributed by atoms with Gasteiger partial charge in [-0.05, 0) is 92.6 Å². The van der Waals surface area contributed by atoms with Gasteiger partial charge in [0.2, 0.25) is 0 Å². The lowest BCUT2D eigenvalue weighted by Crippen LogP contribution is -2.13. The minimum Gasteiger partial charge on any atom is -0.472 e. The van der Waals surface area contributed by atoms with E-state index in [-0.39, 0.29) is 6.54 Å². The van der Waals surface area contributed by atoms with Gasteiger partial charge in [0.1, 0.15) is 18.1 Å². The fourth-order valence-corrected chi connectivity index (χ4v) is 3.40. The van der Waals surface area contributed by atoms with Crippen molar-refractivity contribution in [3.05, 3.63) is 82.9 Å². The SMILES string of the molecule is O=NCc1ccc(OC2=CCCC=C2)cc1.c1cc(C2CCCNCC2)co1. The summed E-state index contributed by atoms with van der Waals surface area (Å²) < 4.78 is 10.7. The number of furan rings is 1. The Hall–Kier alpha value is -2.66. The molecule has 1 aromatic heterocycles. The van der Waals surface area contributed by atoms with Crippen molar-refractivity contribution in [3.63, 3.8) is 0 Å². The highest BCUT2D eigenvalue weighted by Gasteiger charge is 2.14. The normalized spacial score (nSPS) is 19.0. The molecule has 1 N–H and O–H groups in total. The second-order valence-electron chi connectivity index (χ2n) is 7.05. The zero-order valence-corrected chi connectivity index (χ0v) is 16.2. The molecule has 2 aromatic rings. The summed E-state index contributed by atoms with van der Waals surface area (Å²) in [5, 5.41) is 6.25. The summed E-state index contributed by atoms with van der Waals surface area (Å²) in [5.74, 6) is 2.39. The fraction of sp³-hybridized carbons (Fsp3) is 0.391. The maximum absolute atomic E-state index is 10.1. The van der Waals surface area contributed by atoms with E-state index in [1.165, 1.54) is 31.4 Å². The van der Waals surface area contributed by atoms with Crippen molar-refractivity contribution in [2.24, 2.45) is 5.18 Å². The molecule has 1 atom stereocenters. The first kappa shape index (κ1) is 20.1. The van der Waals surface area contributed by atoms with Gasteiger partial charge < -0.3 is 14.5 Å². The number of nitrogens with one attached hydrogen (secondary N) is 1. The van der Waals surface area contributed by atoms with Gasteiger partial charge in [-0.2, -0.15) is 4.91 Å². The zero-order chi connectivity index (χ0) is 19.4. The van der Waals surface area contributed by atoms with Crippen LogP contribution >= 0.6 is 0 Å². The van der Waals surface area contributed by atoms with Gasteiger partial charge in [0.05, 0.1) is 12.5 Å². The van der Waals surface area contributed by atoms with Crippen LogP contribution in [0.4, 0.5) is 0 Å². The standard InChI is InChI=1S/C13H13NO2.C10H15NO/c15-14-10-11-6-8-13(9-7-11)16-12-4-2-1-3-5-12;1-2-9(3-6-11-5-1)10-4-7-12-8-10/h2,4-9H,1,3,10H2;4,7-9,11H,1-3,5-6H2. The van der Waals surface area contributed by atoms with Gasteiger partial charge in [-0.1, -0.05) is 23.4 Å². The van der Waals surface area contributed by atoms with Gasteiger partial charge in [0, 0.05) is 0 Å². The molecule has 2 heterocycles. The Morgan fingerprint density at radius 2 is 2.00 bits per heavy atom. The molecule has 28 heavy (non-hydrogen) atoms. The predicted molar refractivity (Wildman–Crippen MR) is 111 cm³/mol. The topological polar surface area (TPSA) is 63.8 Å². The summed E-state index contributed by atoms with van der Waals surface area (Å²) in [6.45, 7) is 2.53. The molecule has 1 fully saturated rings. The molecule has 0 radical (unpaired) electrons. The lowest BCUT2D eigenvalue weighted by Gasteiger charge is -2.09. The van der Waals surface area contributed by atoms with Crippen molar-refractivity contribution in [2.45, 2.75) is 44.6 Å². The van der Waals surface area contributed by atoms with E-state index in [1.54, 1.807) is 6.26 Å². The molecule has 1 aliphatic heterocycles. The first-order chi connectivity index (χ1) is 13.8. The lowest BCUT2D eigenvalue weighted by atomic mass is 9.94. The van der Waals surface area contributed by atoms with Crippen LogP contribution in [0.25, 0.3) is 0 Å². The van der Waals surface area contributed by atoms with Gasteiger partial charge in [-0.25, -0.2) is 0 Å². The molecule has 2 aliphatic rings. The Morgan fingerprint density at radius 1 is 1.11 bits per heavy atom. The summed E-state index contributed by atoms with van der Waals surface area (Å²) >= 11 is 0. The molecule has 1 aromatic carbocycles. The molecule has 1 unspecified atom stereocenters. The third kappa shape index (κ3) is 6.50. The number of rotatable bonds is 5. The van der Waals surface area contributed by atoms with E-state index in [2.05, 4.69) is 28.7 Å². The van der Waals surface area contributed by atoms with Crippen LogP contribution in [0.15, 0.2) is 76.4 Å². The first-order valence-electron chi connectivity index (χ1n) is 10.0. The fourth-order valence-electron chi connectivity index (χ4n) is 3.40. The van der Waals surface area contributed by atoms with E-state index in [9.17, 15) is 4.91 Å². The molecule has 148 valence electrons. The van der Waals surface area contributed by atoms with Gasteiger partial charge in [0.25, 0.3) is 0 Å². The van der Waals surface area contributed by atoms with Crippen LogP contribution < -0.4 is 10.1 Å². The summed E-state index contributed by atoms with van der Waals surface area (Å²) in [5.41, 5.74) is 2.27. The quantitative estimate of drug-likeness (QED) is 0.676. The molecule has 1 aliphatic carbocycles. The summed E-state index contributed by atoms with van der Waals surface area (Å²) in [6, 6.07) is 9.50. The molecular weight excluding hydrogens is 352 g/mol. The van der Waals surface area contributed by atoms with Gasteiger partial charge in [-0.3, -0.25) is 0 Å². The summed E-state index contributed by atoms with van der Waals surface area (Å²) in [7, 11) is 0. The Kier molecular flexibility index (Phi) is 8.07. The molecule has 1 saturated heterocycles. The number of nitrogens with zero attached hydrogens (tertiary/aromatic N) is 1. The Balaban J connectivity index is 0.000000167. The molecule has 5 nitrogen and oxygen atoms in total. The van der Waals surface area contributed by atoms with Crippen LogP contribution in [0.3, 0.4) is 0 Å². The number of benzene rings is 1. The number of ether oxygens (including phenoxy) is 1. The van der Waals surface area contributed by atoms with Crippen molar-refractivity contribution < 1.29 is 9.15 Å². The molecule has 0 amide bonds.